The van der Waals surface area contributed by atoms with Crippen molar-refractivity contribution in [3.05, 3.63) is 65.7 Å². The summed E-state index contributed by atoms with van der Waals surface area (Å²) in [5.74, 6) is -0.133. The Balaban J connectivity index is 2.12. The molecule has 0 saturated carbocycles. The van der Waals surface area contributed by atoms with E-state index in [1.54, 1.807) is 25.1 Å². The summed E-state index contributed by atoms with van der Waals surface area (Å²) in [6.07, 6.45) is -0.309. The van der Waals surface area contributed by atoms with Gasteiger partial charge in [0.15, 0.2) is 0 Å². The van der Waals surface area contributed by atoms with E-state index >= 15 is 0 Å². The lowest BCUT2D eigenvalue weighted by molar-refractivity contribution is -0.119. The number of nitrogens with zero attached hydrogens (tertiary/aromatic N) is 2. The van der Waals surface area contributed by atoms with Crippen molar-refractivity contribution in [2.24, 2.45) is 0 Å². The second-order valence-corrected chi connectivity index (χ2v) is 5.52. The molecule has 0 aliphatic carbocycles. The number of carbonyl (C=O) groups excluding carboxylic acids is 2. The Kier molecular flexibility index (Phi) is 4.02. The summed E-state index contributed by atoms with van der Waals surface area (Å²) in [5, 5.41) is 2.66. The molecule has 5 nitrogen and oxygen atoms in total. The van der Waals surface area contributed by atoms with Gasteiger partial charge in [-0.2, -0.15) is 0 Å². The molecular formula is C18H19N3O2. The van der Waals surface area contributed by atoms with E-state index in [4.69, 9.17) is 0 Å². The van der Waals surface area contributed by atoms with Gasteiger partial charge in [0.05, 0.1) is 17.8 Å². The number of amides is 2. The van der Waals surface area contributed by atoms with Crippen molar-refractivity contribution in [1.29, 1.82) is 0 Å². The van der Waals surface area contributed by atoms with Crippen LogP contribution in [0.3, 0.4) is 0 Å². The third-order valence-corrected chi connectivity index (χ3v) is 4.12. The normalized spacial score (nSPS) is 17.0. The van der Waals surface area contributed by atoms with Gasteiger partial charge in [0.2, 0.25) is 5.91 Å². The molecule has 3 rings (SSSR count). The van der Waals surface area contributed by atoms with Crippen LogP contribution < -0.4 is 10.2 Å². The van der Waals surface area contributed by atoms with Gasteiger partial charge in [0.25, 0.3) is 5.91 Å². The van der Waals surface area contributed by atoms with Crippen LogP contribution in [0.2, 0.25) is 0 Å². The van der Waals surface area contributed by atoms with E-state index in [-0.39, 0.29) is 24.5 Å². The molecule has 0 unspecified atom stereocenters. The minimum absolute atomic E-state index is 0.0393. The Labute approximate surface area is 135 Å². The first-order valence-electron chi connectivity index (χ1n) is 7.52. The van der Waals surface area contributed by atoms with Crippen LogP contribution in [0.15, 0.2) is 54.6 Å². The van der Waals surface area contributed by atoms with Gasteiger partial charge in [-0.05, 0) is 17.7 Å². The molecule has 1 aliphatic rings. The average molecular weight is 309 g/mol. The Bertz CT molecular complexity index is 730. The van der Waals surface area contributed by atoms with Crippen LogP contribution in [-0.2, 0) is 4.79 Å². The molecule has 2 aromatic carbocycles. The van der Waals surface area contributed by atoms with Crippen LogP contribution in [0.1, 0.15) is 22.1 Å². The van der Waals surface area contributed by atoms with Gasteiger partial charge in [0, 0.05) is 14.1 Å². The third-order valence-electron chi connectivity index (χ3n) is 4.12. The second-order valence-electron chi connectivity index (χ2n) is 5.52. The largest absolute Gasteiger partial charge is 0.358 e. The van der Waals surface area contributed by atoms with Gasteiger partial charge < -0.3 is 15.1 Å². The van der Waals surface area contributed by atoms with Crippen molar-refractivity contribution in [3.8, 4) is 0 Å². The molecule has 1 N–H and O–H groups in total. The highest BCUT2D eigenvalue weighted by atomic mass is 16.2. The molecule has 1 atom stereocenters. The maximum atomic E-state index is 12.7. The fourth-order valence-corrected chi connectivity index (χ4v) is 2.98. The number of rotatable bonds is 3. The SMILES string of the molecule is CNC(=O)CN1c2ccccc2C(=O)N(C)[C@@H]1c1ccccc1. The molecule has 1 heterocycles. The van der Waals surface area contributed by atoms with E-state index in [1.165, 1.54) is 0 Å². The molecular weight excluding hydrogens is 290 g/mol. The lowest BCUT2D eigenvalue weighted by Crippen LogP contribution is -2.50. The van der Waals surface area contributed by atoms with Crippen molar-refractivity contribution in [3.63, 3.8) is 0 Å². The summed E-state index contributed by atoms with van der Waals surface area (Å²) in [6.45, 7) is 0.185. The number of likely N-dealkylation sites (N-methyl/N-ethyl adjacent to an activating group) is 1. The monoisotopic (exact) mass is 309 g/mol. The Morgan fingerprint density at radius 3 is 2.43 bits per heavy atom. The minimum Gasteiger partial charge on any atom is -0.358 e. The maximum Gasteiger partial charge on any atom is 0.257 e. The van der Waals surface area contributed by atoms with E-state index in [9.17, 15) is 9.59 Å². The van der Waals surface area contributed by atoms with Gasteiger partial charge in [-0.25, -0.2) is 0 Å². The highest BCUT2D eigenvalue weighted by molar-refractivity contribution is 6.02. The third kappa shape index (κ3) is 2.65. The molecule has 0 spiro atoms. The van der Waals surface area contributed by atoms with Crippen molar-refractivity contribution >= 4 is 17.5 Å². The zero-order valence-corrected chi connectivity index (χ0v) is 13.2. The maximum absolute atomic E-state index is 12.7. The van der Waals surface area contributed by atoms with E-state index in [0.717, 1.165) is 11.3 Å². The van der Waals surface area contributed by atoms with Gasteiger partial charge in [0.1, 0.15) is 6.17 Å². The number of hydrogen-bond donors (Lipinski definition) is 1. The number of fused-ring (bicyclic) bond motifs is 1. The van der Waals surface area contributed by atoms with Crippen molar-refractivity contribution < 1.29 is 9.59 Å². The molecule has 2 aromatic rings. The molecule has 0 aromatic heterocycles. The first-order valence-corrected chi connectivity index (χ1v) is 7.52. The molecule has 0 radical (unpaired) electrons. The zero-order chi connectivity index (χ0) is 16.4. The zero-order valence-electron chi connectivity index (χ0n) is 13.2. The number of anilines is 1. The van der Waals surface area contributed by atoms with E-state index < -0.39 is 0 Å². The van der Waals surface area contributed by atoms with Crippen LogP contribution in [-0.4, -0.2) is 37.4 Å². The van der Waals surface area contributed by atoms with Crippen LogP contribution in [0, 0.1) is 0 Å². The fraction of sp³-hybridized carbons (Fsp3) is 0.222. The van der Waals surface area contributed by atoms with Gasteiger partial charge in [-0.3, -0.25) is 9.59 Å². The van der Waals surface area contributed by atoms with Crippen LogP contribution in [0.25, 0.3) is 0 Å². The predicted octanol–water partition coefficient (Wildman–Crippen LogP) is 2.02. The van der Waals surface area contributed by atoms with Crippen molar-refractivity contribution in [2.75, 3.05) is 25.5 Å². The number of nitrogens with one attached hydrogen (secondary N) is 1. The second kappa shape index (κ2) is 6.12. The molecule has 0 bridgehead atoms. The van der Waals surface area contributed by atoms with E-state index in [0.29, 0.717) is 5.56 Å². The summed E-state index contributed by atoms with van der Waals surface area (Å²) >= 11 is 0. The van der Waals surface area contributed by atoms with Gasteiger partial charge in [-0.15, -0.1) is 0 Å². The lowest BCUT2D eigenvalue weighted by atomic mass is 10.0. The number of hydrogen-bond acceptors (Lipinski definition) is 3. The topological polar surface area (TPSA) is 52.7 Å². The smallest absolute Gasteiger partial charge is 0.257 e. The molecule has 2 amide bonds. The van der Waals surface area contributed by atoms with Crippen LogP contribution in [0.4, 0.5) is 5.69 Å². The average Bonchev–Trinajstić information content (AvgIpc) is 2.60. The minimum atomic E-state index is -0.309. The summed E-state index contributed by atoms with van der Waals surface area (Å²) in [6, 6.07) is 17.2. The molecule has 1 aliphatic heterocycles. The Morgan fingerprint density at radius 1 is 1.09 bits per heavy atom. The number of carbonyl (C=O) groups is 2. The predicted molar refractivity (Wildman–Crippen MR) is 89.1 cm³/mol. The highest BCUT2D eigenvalue weighted by Crippen LogP contribution is 2.37. The molecule has 118 valence electrons. The van der Waals surface area contributed by atoms with E-state index in [1.807, 2.05) is 53.4 Å². The number of para-hydroxylation sites is 1. The summed E-state index contributed by atoms with van der Waals surface area (Å²) < 4.78 is 0. The van der Waals surface area contributed by atoms with Gasteiger partial charge in [-0.1, -0.05) is 42.5 Å². The molecule has 0 fully saturated rings. The lowest BCUT2D eigenvalue weighted by Gasteiger charge is -2.43. The number of benzene rings is 2. The Morgan fingerprint density at radius 2 is 1.74 bits per heavy atom. The highest BCUT2D eigenvalue weighted by Gasteiger charge is 2.36. The molecule has 5 heteroatoms. The summed E-state index contributed by atoms with van der Waals surface area (Å²) in [7, 11) is 3.39. The standard InChI is InChI=1S/C18H19N3O2/c1-19-16(22)12-21-15-11-7-6-10-14(15)18(23)20(2)17(21)13-8-4-3-5-9-13/h3-11,17H,12H2,1-2H3,(H,19,22)/t17-/m0/s1. The van der Waals surface area contributed by atoms with Crippen LogP contribution >= 0.6 is 0 Å². The summed E-state index contributed by atoms with van der Waals surface area (Å²) in [5.41, 5.74) is 2.38. The van der Waals surface area contributed by atoms with E-state index in [2.05, 4.69) is 5.32 Å². The fourth-order valence-electron chi connectivity index (χ4n) is 2.98. The van der Waals surface area contributed by atoms with Gasteiger partial charge >= 0.3 is 0 Å². The Hall–Kier alpha value is -2.82. The first-order chi connectivity index (χ1) is 11.1. The quantitative estimate of drug-likeness (QED) is 0.944. The van der Waals surface area contributed by atoms with Crippen molar-refractivity contribution in [2.45, 2.75) is 6.17 Å². The van der Waals surface area contributed by atoms with Crippen LogP contribution in [0.5, 0.6) is 0 Å². The van der Waals surface area contributed by atoms with Crippen molar-refractivity contribution in [1.82, 2.24) is 10.2 Å². The molecule has 0 saturated heterocycles. The first kappa shape index (κ1) is 15.1. The molecule has 23 heavy (non-hydrogen) atoms. The summed E-state index contributed by atoms with van der Waals surface area (Å²) in [4.78, 5) is 28.3.